The van der Waals surface area contributed by atoms with Gasteiger partial charge < -0.3 is 9.80 Å². The average molecular weight is 357 g/mol. The molecule has 2 heterocycles. The lowest BCUT2D eigenvalue weighted by atomic mass is 9.77. The van der Waals surface area contributed by atoms with Crippen LogP contribution in [-0.4, -0.2) is 47.3 Å². The quantitative estimate of drug-likeness (QED) is 0.811. The molecule has 2 saturated heterocycles. The van der Waals surface area contributed by atoms with Crippen LogP contribution in [0.3, 0.4) is 0 Å². The molecule has 26 heavy (non-hydrogen) atoms. The van der Waals surface area contributed by atoms with E-state index in [0.717, 1.165) is 45.3 Å². The third-order valence-corrected chi connectivity index (χ3v) is 5.96. The molecule has 1 aromatic rings. The molecule has 0 spiro atoms. The molecular weight excluding hydrogens is 324 g/mol. The highest BCUT2D eigenvalue weighted by Gasteiger charge is 2.36. The molecule has 142 valence electrons. The smallest absolute Gasteiger partial charge is 0.245 e. The Labute approximate surface area is 157 Å². The minimum atomic E-state index is -0.231. The van der Waals surface area contributed by atoms with Crippen LogP contribution in [-0.2, 0) is 15.0 Å². The van der Waals surface area contributed by atoms with Crippen molar-refractivity contribution < 1.29 is 9.59 Å². The van der Waals surface area contributed by atoms with E-state index in [0.29, 0.717) is 5.92 Å². The van der Waals surface area contributed by atoms with Crippen molar-refractivity contribution in [2.45, 2.75) is 70.8 Å². The third-order valence-electron chi connectivity index (χ3n) is 5.96. The van der Waals surface area contributed by atoms with Gasteiger partial charge in [0.1, 0.15) is 6.04 Å². The van der Waals surface area contributed by atoms with Crippen molar-refractivity contribution >= 4 is 11.8 Å². The van der Waals surface area contributed by atoms with Crippen molar-refractivity contribution in [3.63, 3.8) is 0 Å². The summed E-state index contributed by atoms with van der Waals surface area (Å²) in [5.74, 6) is 0.692. The maximum atomic E-state index is 12.9. The van der Waals surface area contributed by atoms with Crippen LogP contribution in [0.2, 0.25) is 0 Å². The zero-order valence-electron chi connectivity index (χ0n) is 16.6. The Morgan fingerprint density at radius 3 is 2.27 bits per heavy atom. The summed E-state index contributed by atoms with van der Waals surface area (Å²) in [6.45, 7) is 10.7. The molecule has 1 atom stereocenters. The minimum absolute atomic E-state index is 0.0230. The number of carbonyl (C=O) groups excluding carboxylic acids is 2. The van der Waals surface area contributed by atoms with E-state index in [2.05, 4.69) is 45.0 Å². The molecule has 2 amide bonds. The summed E-state index contributed by atoms with van der Waals surface area (Å²) < 4.78 is 0. The number of amides is 2. The molecule has 2 fully saturated rings. The summed E-state index contributed by atoms with van der Waals surface area (Å²) in [7, 11) is 0. The Morgan fingerprint density at radius 2 is 1.65 bits per heavy atom. The monoisotopic (exact) mass is 356 g/mol. The number of nitrogens with zero attached hydrogens (tertiary/aromatic N) is 2. The van der Waals surface area contributed by atoms with E-state index >= 15 is 0 Å². The van der Waals surface area contributed by atoms with Crippen LogP contribution in [0.5, 0.6) is 0 Å². The van der Waals surface area contributed by atoms with E-state index in [1.165, 1.54) is 11.1 Å². The van der Waals surface area contributed by atoms with E-state index in [9.17, 15) is 9.59 Å². The molecule has 1 aromatic carbocycles. The summed E-state index contributed by atoms with van der Waals surface area (Å²) in [6, 6.07) is 8.53. The second kappa shape index (κ2) is 7.42. The number of piperidine rings is 1. The zero-order chi connectivity index (χ0) is 18.9. The fourth-order valence-corrected chi connectivity index (χ4v) is 4.56. The van der Waals surface area contributed by atoms with Gasteiger partial charge in [-0.3, -0.25) is 9.59 Å². The van der Waals surface area contributed by atoms with E-state index in [-0.39, 0.29) is 23.3 Å². The Hall–Kier alpha value is -1.84. The molecule has 4 heteroatoms. The minimum Gasteiger partial charge on any atom is -0.341 e. The molecule has 0 radical (unpaired) electrons. The average Bonchev–Trinajstić information content (AvgIpc) is 3.10. The molecule has 2 aliphatic rings. The first-order valence-corrected chi connectivity index (χ1v) is 9.94. The largest absolute Gasteiger partial charge is 0.341 e. The predicted molar refractivity (Wildman–Crippen MR) is 104 cm³/mol. The number of hydrogen-bond acceptors (Lipinski definition) is 2. The highest BCUT2D eigenvalue weighted by molar-refractivity contribution is 5.87. The maximum Gasteiger partial charge on any atom is 0.245 e. The molecular formula is C22H32N2O2. The fourth-order valence-electron chi connectivity index (χ4n) is 4.56. The van der Waals surface area contributed by atoms with Gasteiger partial charge in [-0.15, -0.1) is 0 Å². The van der Waals surface area contributed by atoms with Crippen LogP contribution in [0.15, 0.2) is 24.3 Å². The zero-order valence-corrected chi connectivity index (χ0v) is 16.6. The number of benzene rings is 1. The van der Waals surface area contributed by atoms with Crippen LogP contribution in [0.4, 0.5) is 0 Å². The standard InChI is InChI=1S/C22H32N2O2/c1-16(25)24-13-7-10-20(24)21(26)23-14-11-17(12-15-23)18-8-5-6-9-19(18)22(2,3)4/h5-6,8-9,17,20H,7,10-15H2,1-4H3/t20-/m1/s1. The first-order valence-electron chi connectivity index (χ1n) is 9.94. The fraction of sp³-hybridized carbons (Fsp3) is 0.636. The number of likely N-dealkylation sites (tertiary alicyclic amines) is 2. The van der Waals surface area contributed by atoms with Gasteiger partial charge in [0.2, 0.25) is 11.8 Å². The second-order valence-corrected chi connectivity index (χ2v) is 8.81. The van der Waals surface area contributed by atoms with Crippen molar-refractivity contribution in [1.29, 1.82) is 0 Å². The van der Waals surface area contributed by atoms with Gasteiger partial charge in [-0.2, -0.15) is 0 Å². The van der Waals surface area contributed by atoms with Crippen molar-refractivity contribution in [1.82, 2.24) is 9.80 Å². The van der Waals surface area contributed by atoms with Gasteiger partial charge >= 0.3 is 0 Å². The van der Waals surface area contributed by atoms with Crippen LogP contribution in [0, 0.1) is 0 Å². The highest BCUT2D eigenvalue weighted by Crippen LogP contribution is 2.36. The summed E-state index contributed by atoms with van der Waals surface area (Å²) in [4.78, 5) is 28.4. The van der Waals surface area contributed by atoms with Gasteiger partial charge in [0.25, 0.3) is 0 Å². The van der Waals surface area contributed by atoms with Gasteiger partial charge in [-0.05, 0) is 48.1 Å². The van der Waals surface area contributed by atoms with Gasteiger partial charge in [0.05, 0.1) is 0 Å². The third kappa shape index (κ3) is 3.79. The molecule has 3 rings (SSSR count). The van der Waals surface area contributed by atoms with E-state index in [1.54, 1.807) is 11.8 Å². The van der Waals surface area contributed by atoms with E-state index in [1.807, 2.05) is 4.90 Å². The summed E-state index contributed by atoms with van der Waals surface area (Å²) in [6.07, 6.45) is 3.76. The van der Waals surface area contributed by atoms with Crippen molar-refractivity contribution in [3.8, 4) is 0 Å². The van der Waals surface area contributed by atoms with Crippen LogP contribution < -0.4 is 0 Å². The van der Waals surface area contributed by atoms with Gasteiger partial charge in [0.15, 0.2) is 0 Å². The first kappa shape index (κ1) is 18.9. The summed E-state index contributed by atoms with van der Waals surface area (Å²) in [5, 5.41) is 0. The number of rotatable bonds is 2. The van der Waals surface area contributed by atoms with Crippen molar-refractivity contribution in [2.24, 2.45) is 0 Å². The summed E-state index contributed by atoms with van der Waals surface area (Å²) in [5.41, 5.74) is 3.00. The number of carbonyl (C=O) groups is 2. The van der Waals surface area contributed by atoms with Gasteiger partial charge in [-0.25, -0.2) is 0 Å². The molecule has 0 bridgehead atoms. The van der Waals surface area contributed by atoms with E-state index in [4.69, 9.17) is 0 Å². The molecule has 0 unspecified atom stereocenters. The maximum absolute atomic E-state index is 12.9. The molecule has 0 aliphatic carbocycles. The lowest BCUT2D eigenvalue weighted by Gasteiger charge is -2.37. The van der Waals surface area contributed by atoms with Gasteiger partial charge in [0, 0.05) is 26.6 Å². The second-order valence-electron chi connectivity index (χ2n) is 8.81. The molecule has 4 nitrogen and oxygen atoms in total. The molecule has 0 saturated carbocycles. The molecule has 2 aliphatic heterocycles. The normalized spacial score (nSPS) is 21.9. The Balaban J connectivity index is 1.67. The molecule has 0 aromatic heterocycles. The lowest BCUT2D eigenvalue weighted by molar-refractivity contribution is -0.143. The highest BCUT2D eigenvalue weighted by atomic mass is 16.2. The Morgan fingerprint density at radius 1 is 1.00 bits per heavy atom. The predicted octanol–water partition coefficient (Wildman–Crippen LogP) is 3.70. The van der Waals surface area contributed by atoms with Gasteiger partial charge in [-0.1, -0.05) is 45.0 Å². The van der Waals surface area contributed by atoms with Crippen molar-refractivity contribution in [2.75, 3.05) is 19.6 Å². The van der Waals surface area contributed by atoms with Crippen LogP contribution in [0.25, 0.3) is 0 Å². The van der Waals surface area contributed by atoms with Crippen LogP contribution in [0.1, 0.15) is 70.4 Å². The molecule has 0 N–H and O–H groups in total. The first-order chi connectivity index (χ1) is 12.3. The lowest BCUT2D eigenvalue weighted by Crippen LogP contribution is -2.49. The topological polar surface area (TPSA) is 40.6 Å². The Kier molecular flexibility index (Phi) is 5.40. The van der Waals surface area contributed by atoms with E-state index < -0.39 is 0 Å². The summed E-state index contributed by atoms with van der Waals surface area (Å²) >= 11 is 0. The van der Waals surface area contributed by atoms with Crippen molar-refractivity contribution in [3.05, 3.63) is 35.4 Å². The van der Waals surface area contributed by atoms with Crippen LogP contribution >= 0.6 is 0 Å². The number of hydrogen-bond donors (Lipinski definition) is 0. The SMILES string of the molecule is CC(=O)N1CCC[C@@H]1C(=O)N1CCC(c2ccccc2C(C)(C)C)CC1. The Bertz CT molecular complexity index is 669.